The van der Waals surface area contributed by atoms with E-state index in [9.17, 15) is 14.7 Å². The van der Waals surface area contributed by atoms with Crippen LogP contribution in [0.4, 0.5) is 5.69 Å². The van der Waals surface area contributed by atoms with E-state index in [1.54, 1.807) is 0 Å². The van der Waals surface area contributed by atoms with Crippen LogP contribution >= 0.6 is 11.3 Å². The number of aryl methyl sites for hydroxylation is 1. The van der Waals surface area contributed by atoms with Crippen LogP contribution in [-0.4, -0.2) is 67.4 Å². The standard InChI is InChI=1S/C30H42N2O5S/c1-2-3-4-8-27(33)23-9-11-25(12-10-23)32-24(13-16-29(32)34)6-5-7-26-14-15-28(38-26)30(35)37-22-19-31-17-20-36-21-18-31/h9-12,14-15,24,27,33H,2-8,13,16-22H2,1H3. The number of benzene rings is 1. The van der Waals surface area contributed by atoms with Crippen molar-refractivity contribution in [3.05, 3.63) is 51.7 Å². The highest BCUT2D eigenvalue weighted by atomic mass is 32.1. The second kappa shape index (κ2) is 14.8. The van der Waals surface area contributed by atoms with Crippen LogP contribution in [0.25, 0.3) is 0 Å². The maximum Gasteiger partial charge on any atom is 0.348 e. The number of nitrogens with zero attached hydrogens (tertiary/aromatic N) is 2. The number of thiophene rings is 1. The van der Waals surface area contributed by atoms with E-state index < -0.39 is 6.10 Å². The molecular formula is C30H42N2O5S. The van der Waals surface area contributed by atoms with Gasteiger partial charge in [0.15, 0.2) is 0 Å². The Kier molecular flexibility index (Phi) is 11.2. The van der Waals surface area contributed by atoms with Crippen molar-refractivity contribution in [2.45, 2.75) is 76.9 Å². The van der Waals surface area contributed by atoms with Gasteiger partial charge in [-0.05, 0) is 61.9 Å². The number of carbonyl (C=O) groups excluding carboxylic acids is 2. The minimum atomic E-state index is -0.446. The number of rotatable bonds is 14. The smallest absolute Gasteiger partial charge is 0.348 e. The molecule has 38 heavy (non-hydrogen) atoms. The summed E-state index contributed by atoms with van der Waals surface area (Å²) in [7, 11) is 0. The summed E-state index contributed by atoms with van der Waals surface area (Å²) in [5.41, 5.74) is 1.83. The van der Waals surface area contributed by atoms with Crippen LogP contribution in [0.1, 0.15) is 84.5 Å². The van der Waals surface area contributed by atoms with E-state index >= 15 is 0 Å². The number of carbonyl (C=O) groups is 2. The number of hydrogen-bond acceptors (Lipinski definition) is 7. The normalized spacial score (nSPS) is 19.2. The molecule has 2 aliphatic heterocycles. The Hall–Kier alpha value is -2.26. The highest BCUT2D eigenvalue weighted by Crippen LogP contribution is 2.31. The lowest BCUT2D eigenvalue weighted by atomic mass is 10.0. The van der Waals surface area contributed by atoms with Gasteiger partial charge in [-0.1, -0.05) is 38.3 Å². The summed E-state index contributed by atoms with van der Waals surface area (Å²) < 4.78 is 10.8. The molecular weight excluding hydrogens is 500 g/mol. The largest absolute Gasteiger partial charge is 0.460 e. The summed E-state index contributed by atoms with van der Waals surface area (Å²) in [6.45, 7) is 6.56. The number of amides is 1. The van der Waals surface area contributed by atoms with Gasteiger partial charge in [0, 0.05) is 42.7 Å². The third-order valence-electron chi connectivity index (χ3n) is 7.53. The van der Waals surface area contributed by atoms with Crippen molar-refractivity contribution in [3.63, 3.8) is 0 Å². The summed E-state index contributed by atoms with van der Waals surface area (Å²) in [5.74, 6) is -0.0783. The van der Waals surface area contributed by atoms with Gasteiger partial charge in [0.1, 0.15) is 11.5 Å². The van der Waals surface area contributed by atoms with Crippen LogP contribution in [0.5, 0.6) is 0 Å². The Labute approximate surface area is 230 Å². The van der Waals surface area contributed by atoms with Gasteiger partial charge >= 0.3 is 5.97 Å². The SMILES string of the molecule is CCCCCC(O)c1ccc(N2C(=O)CCC2CCCc2ccc(C(=O)OCCN3CCOCC3)s2)cc1. The lowest BCUT2D eigenvalue weighted by Gasteiger charge is -2.26. The van der Waals surface area contributed by atoms with Gasteiger partial charge in [-0.3, -0.25) is 9.69 Å². The molecule has 2 atom stereocenters. The molecule has 0 aliphatic carbocycles. The topological polar surface area (TPSA) is 79.3 Å². The van der Waals surface area contributed by atoms with Crippen LogP contribution in [0.15, 0.2) is 36.4 Å². The number of morpholine rings is 1. The summed E-state index contributed by atoms with van der Waals surface area (Å²) in [6, 6.07) is 11.9. The Morgan fingerprint density at radius 2 is 1.92 bits per heavy atom. The van der Waals surface area contributed by atoms with Crippen molar-refractivity contribution in [2.75, 3.05) is 44.4 Å². The van der Waals surface area contributed by atoms with Crippen LogP contribution < -0.4 is 4.90 Å². The van der Waals surface area contributed by atoms with E-state index in [2.05, 4.69) is 11.8 Å². The molecule has 4 rings (SSSR count). The Balaban J connectivity index is 1.22. The predicted octanol–water partition coefficient (Wildman–Crippen LogP) is 5.37. The fraction of sp³-hybridized carbons (Fsp3) is 0.600. The van der Waals surface area contributed by atoms with E-state index in [1.807, 2.05) is 41.3 Å². The summed E-state index contributed by atoms with van der Waals surface area (Å²) in [5, 5.41) is 10.4. The lowest BCUT2D eigenvalue weighted by molar-refractivity contribution is -0.117. The van der Waals surface area contributed by atoms with Crippen molar-refractivity contribution in [1.82, 2.24) is 4.90 Å². The van der Waals surface area contributed by atoms with Gasteiger partial charge < -0.3 is 19.5 Å². The van der Waals surface area contributed by atoms with Crippen molar-refractivity contribution >= 4 is 28.9 Å². The maximum absolute atomic E-state index is 12.7. The fourth-order valence-electron chi connectivity index (χ4n) is 5.28. The molecule has 0 radical (unpaired) electrons. The van der Waals surface area contributed by atoms with Crippen LogP contribution in [0, 0.1) is 0 Å². The summed E-state index contributed by atoms with van der Waals surface area (Å²) >= 11 is 1.51. The quantitative estimate of drug-likeness (QED) is 0.255. The molecule has 8 heteroatoms. The van der Waals surface area contributed by atoms with E-state index in [-0.39, 0.29) is 17.9 Å². The first kappa shape index (κ1) is 28.7. The molecule has 7 nitrogen and oxygen atoms in total. The first-order chi connectivity index (χ1) is 18.5. The molecule has 208 valence electrons. The van der Waals surface area contributed by atoms with Crippen molar-refractivity contribution in [1.29, 1.82) is 0 Å². The van der Waals surface area contributed by atoms with E-state index in [0.29, 0.717) is 17.9 Å². The molecule has 1 aromatic carbocycles. The minimum absolute atomic E-state index is 0.171. The average molecular weight is 543 g/mol. The molecule has 3 heterocycles. The van der Waals surface area contributed by atoms with Gasteiger partial charge in [-0.15, -0.1) is 11.3 Å². The Morgan fingerprint density at radius 3 is 2.68 bits per heavy atom. The van der Waals surface area contributed by atoms with Crippen LogP contribution in [0.2, 0.25) is 0 Å². The zero-order valence-electron chi connectivity index (χ0n) is 22.6. The van der Waals surface area contributed by atoms with Crippen molar-refractivity contribution < 1.29 is 24.2 Å². The van der Waals surface area contributed by atoms with Crippen molar-refractivity contribution in [3.8, 4) is 0 Å². The van der Waals surface area contributed by atoms with E-state index in [0.717, 1.165) is 95.5 Å². The number of ether oxygens (including phenoxy) is 2. The first-order valence-electron chi connectivity index (χ1n) is 14.2. The van der Waals surface area contributed by atoms with Gasteiger partial charge in [0.2, 0.25) is 5.91 Å². The number of aliphatic hydroxyl groups is 1. The zero-order valence-corrected chi connectivity index (χ0v) is 23.4. The highest BCUT2D eigenvalue weighted by molar-refractivity contribution is 7.13. The van der Waals surface area contributed by atoms with E-state index in [4.69, 9.17) is 9.47 Å². The molecule has 2 aliphatic rings. The summed E-state index contributed by atoms with van der Waals surface area (Å²) in [6.07, 6.45) is 7.82. The Bertz CT molecular complexity index is 1020. The number of aliphatic hydroxyl groups excluding tert-OH is 1. The number of hydrogen-bond donors (Lipinski definition) is 1. The van der Waals surface area contributed by atoms with E-state index in [1.165, 1.54) is 16.2 Å². The molecule has 2 unspecified atom stereocenters. The van der Waals surface area contributed by atoms with Crippen LogP contribution in [-0.2, 0) is 20.7 Å². The first-order valence-corrected chi connectivity index (χ1v) is 15.0. The van der Waals surface area contributed by atoms with Crippen molar-refractivity contribution in [2.24, 2.45) is 0 Å². The fourth-order valence-corrected chi connectivity index (χ4v) is 6.22. The monoisotopic (exact) mass is 542 g/mol. The molecule has 1 amide bonds. The minimum Gasteiger partial charge on any atom is -0.460 e. The van der Waals surface area contributed by atoms with Gasteiger partial charge in [-0.25, -0.2) is 4.79 Å². The number of anilines is 1. The molecule has 1 N–H and O–H groups in total. The second-order valence-corrected chi connectivity index (χ2v) is 11.5. The summed E-state index contributed by atoms with van der Waals surface area (Å²) in [4.78, 5) is 31.1. The third-order valence-corrected chi connectivity index (χ3v) is 8.66. The molecule has 2 saturated heterocycles. The van der Waals surface area contributed by atoms with Gasteiger partial charge in [-0.2, -0.15) is 0 Å². The molecule has 2 aromatic rings. The zero-order chi connectivity index (χ0) is 26.7. The average Bonchev–Trinajstić information content (AvgIpc) is 3.56. The lowest BCUT2D eigenvalue weighted by Crippen LogP contribution is -2.38. The molecule has 0 bridgehead atoms. The third kappa shape index (κ3) is 8.12. The second-order valence-electron chi connectivity index (χ2n) is 10.3. The molecule has 0 spiro atoms. The van der Waals surface area contributed by atoms with Gasteiger partial charge in [0.25, 0.3) is 0 Å². The number of unbranched alkanes of at least 4 members (excludes halogenated alkanes) is 2. The molecule has 2 fully saturated rings. The number of esters is 1. The Morgan fingerprint density at radius 1 is 1.13 bits per heavy atom. The maximum atomic E-state index is 12.7. The van der Waals surface area contributed by atoms with Crippen LogP contribution in [0.3, 0.4) is 0 Å². The predicted molar refractivity (Wildman–Crippen MR) is 151 cm³/mol. The molecule has 1 aromatic heterocycles. The highest BCUT2D eigenvalue weighted by Gasteiger charge is 2.31. The molecule has 0 saturated carbocycles. The van der Waals surface area contributed by atoms with Gasteiger partial charge in [0.05, 0.1) is 19.3 Å².